The standard InChI is InChI=1S/C17H24N2O3S/c1-21-10-11-22-15-8-6-14(7-9-15)18-17(23)19-16(20)12-13-4-2-3-5-13/h6-9,13H,2-5,10-12H2,1H3,(H2,18,19,20,23). The molecule has 126 valence electrons. The number of hydrogen-bond donors (Lipinski definition) is 2. The van der Waals surface area contributed by atoms with Crippen LogP contribution in [0.15, 0.2) is 24.3 Å². The van der Waals surface area contributed by atoms with Crippen LogP contribution in [0.3, 0.4) is 0 Å². The zero-order valence-corrected chi connectivity index (χ0v) is 14.3. The van der Waals surface area contributed by atoms with Gasteiger partial charge in [-0.1, -0.05) is 12.8 Å². The first-order valence-electron chi connectivity index (χ1n) is 8.00. The minimum absolute atomic E-state index is 0.00563. The van der Waals surface area contributed by atoms with E-state index in [-0.39, 0.29) is 5.91 Å². The molecule has 1 fully saturated rings. The lowest BCUT2D eigenvalue weighted by Crippen LogP contribution is -2.34. The highest BCUT2D eigenvalue weighted by Gasteiger charge is 2.18. The van der Waals surface area contributed by atoms with Crippen LogP contribution in [0.2, 0.25) is 0 Å². The molecule has 0 aromatic heterocycles. The van der Waals surface area contributed by atoms with Crippen molar-refractivity contribution in [2.75, 3.05) is 25.6 Å². The lowest BCUT2D eigenvalue weighted by molar-refractivity contribution is -0.120. The Labute approximate surface area is 142 Å². The van der Waals surface area contributed by atoms with E-state index in [9.17, 15) is 4.79 Å². The Bertz CT molecular complexity index is 513. The van der Waals surface area contributed by atoms with E-state index in [1.807, 2.05) is 24.3 Å². The number of carbonyl (C=O) groups is 1. The van der Waals surface area contributed by atoms with Crippen molar-refractivity contribution in [2.24, 2.45) is 5.92 Å². The molecule has 0 heterocycles. The number of thiocarbonyl (C=S) groups is 1. The Morgan fingerprint density at radius 3 is 2.57 bits per heavy atom. The molecule has 0 unspecified atom stereocenters. The number of anilines is 1. The lowest BCUT2D eigenvalue weighted by Gasteiger charge is -2.12. The number of ether oxygens (including phenoxy) is 2. The van der Waals surface area contributed by atoms with Crippen LogP contribution in [0, 0.1) is 5.92 Å². The summed E-state index contributed by atoms with van der Waals surface area (Å²) >= 11 is 5.18. The molecule has 0 atom stereocenters. The third-order valence-electron chi connectivity index (χ3n) is 3.87. The van der Waals surface area contributed by atoms with E-state index < -0.39 is 0 Å². The topological polar surface area (TPSA) is 59.6 Å². The van der Waals surface area contributed by atoms with Gasteiger partial charge in [-0.05, 0) is 55.2 Å². The normalized spacial score (nSPS) is 14.5. The predicted molar refractivity (Wildman–Crippen MR) is 94.8 cm³/mol. The summed E-state index contributed by atoms with van der Waals surface area (Å²) in [5, 5.41) is 6.09. The van der Waals surface area contributed by atoms with E-state index in [0.29, 0.717) is 30.7 Å². The highest BCUT2D eigenvalue weighted by Crippen LogP contribution is 2.27. The number of hydrogen-bond acceptors (Lipinski definition) is 4. The average Bonchev–Trinajstić information content (AvgIpc) is 3.02. The summed E-state index contributed by atoms with van der Waals surface area (Å²) in [6.07, 6.45) is 5.34. The minimum Gasteiger partial charge on any atom is -0.491 e. The first kappa shape index (κ1) is 17.7. The zero-order chi connectivity index (χ0) is 16.5. The summed E-state index contributed by atoms with van der Waals surface area (Å²) in [6.45, 7) is 1.07. The molecule has 0 spiro atoms. The first-order chi connectivity index (χ1) is 11.2. The molecule has 0 bridgehead atoms. The Morgan fingerprint density at radius 2 is 1.91 bits per heavy atom. The molecule has 23 heavy (non-hydrogen) atoms. The second-order valence-corrected chi connectivity index (χ2v) is 6.13. The molecule has 0 saturated heterocycles. The third-order valence-corrected chi connectivity index (χ3v) is 4.07. The second-order valence-electron chi connectivity index (χ2n) is 5.72. The summed E-state index contributed by atoms with van der Waals surface area (Å²) in [6, 6.07) is 7.41. The summed E-state index contributed by atoms with van der Waals surface area (Å²) in [5.41, 5.74) is 0.815. The summed E-state index contributed by atoms with van der Waals surface area (Å²) in [5.74, 6) is 1.28. The van der Waals surface area contributed by atoms with E-state index in [1.165, 1.54) is 12.8 Å². The fourth-order valence-electron chi connectivity index (χ4n) is 2.69. The van der Waals surface area contributed by atoms with Crippen molar-refractivity contribution >= 4 is 28.9 Å². The molecular formula is C17H24N2O3S. The molecule has 2 rings (SSSR count). The van der Waals surface area contributed by atoms with Crippen LogP contribution in [0.25, 0.3) is 0 Å². The molecule has 1 saturated carbocycles. The molecule has 5 nitrogen and oxygen atoms in total. The molecule has 6 heteroatoms. The van der Waals surface area contributed by atoms with Crippen molar-refractivity contribution in [1.29, 1.82) is 0 Å². The van der Waals surface area contributed by atoms with Gasteiger partial charge in [0, 0.05) is 19.2 Å². The van der Waals surface area contributed by atoms with E-state index >= 15 is 0 Å². The highest BCUT2D eigenvalue weighted by molar-refractivity contribution is 7.80. The summed E-state index contributed by atoms with van der Waals surface area (Å²) in [4.78, 5) is 11.9. The van der Waals surface area contributed by atoms with Crippen LogP contribution in [-0.2, 0) is 9.53 Å². The first-order valence-corrected chi connectivity index (χ1v) is 8.41. The number of benzene rings is 1. The van der Waals surface area contributed by atoms with Crippen LogP contribution in [0.5, 0.6) is 5.75 Å². The maximum atomic E-state index is 11.9. The van der Waals surface area contributed by atoms with E-state index in [2.05, 4.69) is 10.6 Å². The van der Waals surface area contributed by atoms with Crippen LogP contribution in [0.4, 0.5) is 5.69 Å². The molecule has 0 radical (unpaired) electrons. The highest BCUT2D eigenvalue weighted by atomic mass is 32.1. The van der Waals surface area contributed by atoms with Gasteiger partial charge in [-0.3, -0.25) is 4.79 Å². The Balaban J connectivity index is 1.72. The number of nitrogens with one attached hydrogen (secondary N) is 2. The van der Waals surface area contributed by atoms with Crippen LogP contribution in [0.1, 0.15) is 32.1 Å². The minimum atomic E-state index is -0.00563. The maximum Gasteiger partial charge on any atom is 0.226 e. The van der Waals surface area contributed by atoms with Gasteiger partial charge in [0.05, 0.1) is 6.61 Å². The second kappa shape index (κ2) is 9.47. The lowest BCUT2D eigenvalue weighted by atomic mass is 10.0. The molecule has 2 N–H and O–H groups in total. The molecule has 0 aliphatic heterocycles. The number of amides is 1. The molecule has 1 aromatic carbocycles. The van der Waals surface area contributed by atoms with E-state index in [0.717, 1.165) is 24.3 Å². The van der Waals surface area contributed by atoms with Gasteiger partial charge >= 0.3 is 0 Å². The van der Waals surface area contributed by atoms with Gasteiger partial charge in [-0.15, -0.1) is 0 Å². The number of rotatable bonds is 7. The van der Waals surface area contributed by atoms with Crippen LogP contribution < -0.4 is 15.4 Å². The smallest absolute Gasteiger partial charge is 0.226 e. The Hall–Kier alpha value is -1.66. The van der Waals surface area contributed by atoms with Crippen molar-refractivity contribution in [1.82, 2.24) is 5.32 Å². The van der Waals surface area contributed by atoms with Gasteiger partial charge in [0.1, 0.15) is 12.4 Å². The predicted octanol–water partition coefficient (Wildman–Crippen LogP) is 3.11. The molecule has 1 amide bonds. The Morgan fingerprint density at radius 1 is 1.22 bits per heavy atom. The van der Waals surface area contributed by atoms with Crippen LogP contribution >= 0.6 is 12.2 Å². The fourth-order valence-corrected chi connectivity index (χ4v) is 2.93. The van der Waals surface area contributed by atoms with Gasteiger partial charge < -0.3 is 20.1 Å². The molecule has 1 aromatic rings. The molecular weight excluding hydrogens is 312 g/mol. The summed E-state index contributed by atoms with van der Waals surface area (Å²) in [7, 11) is 1.64. The quantitative estimate of drug-likeness (QED) is 0.592. The van der Waals surface area contributed by atoms with Crippen molar-refractivity contribution in [3.05, 3.63) is 24.3 Å². The Kier molecular flexibility index (Phi) is 7.29. The molecule has 1 aliphatic carbocycles. The maximum absolute atomic E-state index is 11.9. The SMILES string of the molecule is COCCOc1ccc(NC(=S)NC(=O)CC2CCCC2)cc1. The number of methoxy groups -OCH3 is 1. The van der Waals surface area contributed by atoms with Crippen molar-refractivity contribution in [2.45, 2.75) is 32.1 Å². The van der Waals surface area contributed by atoms with Crippen molar-refractivity contribution in [3.8, 4) is 5.75 Å². The van der Waals surface area contributed by atoms with Crippen LogP contribution in [-0.4, -0.2) is 31.3 Å². The third kappa shape index (κ3) is 6.54. The van der Waals surface area contributed by atoms with Crippen molar-refractivity contribution < 1.29 is 14.3 Å². The van der Waals surface area contributed by atoms with E-state index in [1.54, 1.807) is 7.11 Å². The van der Waals surface area contributed by atoms with Gasteiger partial charge in [0.25, 0.3) is 0 Å². The van der Waals surface area contributed by atoms with Crippen molar-refractivity contribution in [3.63, 3.8) is 0 Å². The van der Waals surface area contributed by atoms with Gasteiger partial charge in [-0.25, -0.2) is 0 Å². The van der Waals surface area contributed by atoms with Gasteiger partial charge in [-0.2, -0.15) is 0 Å². The van der Waals surface area contributed by atoms with Gasteiger partial charge in [0.2, 0.25) is 5.91 Å². The van der Waals surface area contributed by atoms with E-state index in [4.69, 9.17) is 21.7 Å². The molecule has 1 aliphatic rings. The summed E-state index contributed by atoms with van der Waals surface area (Å²) < 4.78 is 10.4. The monoisotopic (exact) mass is 336 g/mol. The zero-order valence-electron chi connectivity index (χ0n) is 13.5. The average molecular weight is 336 g/mol. The van der Waals surface area contributed by atoms with Gasteiger partial charge in [0.15, 0.2) is 5.11 Å². The number of carbonyl (C=O) groups excluding carboxylic acids is 1. The fraction of sp³-hybridized carbons (Fsp3) is 0.529. The largest absolute Gasteiger partial charge is 0.491 e.